The molecule has 2 amide bonds. The van der Waals surface area contributed by atoms with Crippen LogP contribution in [0.5, 0.6) is 0 Å². The lowest BCUT2D eigenvalue weighted by molar-refractivity contribution is 0.262. The first-order valence-electron chi connectivity index (χ1n) is 12.1. The molecule has 0 aliphatic rings. The highest BCUT2D eigenvalue weighted by atomic mass is 16.2. The van der Waals surface area contributed by atoms with Crippen LogP contribution in [0, 0.1) is 11.8 Å². The molecule has 9 heteroatoms. The first-order valence-corrected chi connectivity index (χ1v) is 12.1. The fourth-order valence-corrected chi connectivity index (χ4v) is 4.15. The highest BCUT2D eigenvalue weighted by Gasteiger charge is 2.19. The van der Waals surface area contributed by atoms with E-state index in [-0.39, 0.29) is 6.03 Å². The van der Waals surface area contributed by atoms with Crippen LogP contribution in [0.25, 0.3) is 22.5 Å². The third-order valence-corrected chi connectivity index (χ3v) is 5.50. The number of urea groups is 1. The van der Waals surface area contributed by atoms with Gasteiger partial charge in [0.2, 0.25) is 0 Å². The van der Waals surface area contributed by atoms with Crippen LogP contribution >= 0.6 is 0 Å². The van der Waals surface area contributed by atoms with Gasteiger partial charge in [0.25, 0.3) is 0 Å². The van der Waals surface area contributed by atoms with Gasteiger partial charge in [-0.15, -0.1) is 5.10 Å². The number of carbonyl (C=O) groups is 1. The minimum Gasteiger partial charge on any atom is -0.369 e. The number of hydrogen-bond acceptors (Lipinski definition) is 6. The molecule has 0 bridgehead atoms. The zero-order valence-corrected chi connectivity index (χ0v) is 21.1. The van der Waals surface area contributed by atoms with Crippen molar-refractivity contribution in [3.63, 3.8) is 0 Å². The number of benzene rings is 2. The van der Waals surface area contributed by atoms with E-state index < -0.39 is 0 Å². The van der Waals surface area contributed by atoms with E-state index in [1.54, 1.807) is 12.3 Å². The molecule has 2 aromatic heterocycles. The topological polar surface area (TPSA) is 112 Å². The summed E-state index contributed by atoms with van der Waals surface area (Å²) in [6.07, 6.45) is 1.64. The number of rotatable bonds is 9. The third kappa shape index (κ3) is 6.24. The standard InChI is InChI=1S/C27H32N8O/c1-18(2)16-35(17-19(3)4)24-13-12-20(21-9-5-6-10-22(21)26-31-33-34-32-26)15-23(24)29-27(36)30-25-11-7-8-14-28-25/h5-15,18-19H,16-17H2,1-4H3,(H2,28,29,30,36)(H,31,32,33,34). The van der Waals surface area contributed by atoms with Crippen molar-refractivity contribution < 1.29 is 4.79 Å². The van der Waals surface area contributed by atoms with Gasteiger partial charge in [0.05, 0.1) is 11.4 Å². The van der Waals surface area contributed by atoms with Crippen LogP contribution < -0.4 is 15.5 Å². The molecule has 3 N–H and O–H groups in total. The zero-order chi connectivity index (χ0) is 25.5. The molecule has 186 valence electrons. The molecule has 0 atom stereocenters. The highest BCUT2D eigenvalue weighted by Crippen LogP contribution is 2.36. The third-order valence-electron chi connectivity index (χ3n) is 5.50. The van der Waals surface area contributed by atoms with Gasteiger partial charge in [0.15, 0.2) is 5.82 Å². The lowest BCUT2D eigenvalue weighted by Crippen LogP contribution is -2.32. The summed E-state index contributed by atoms with van der Waals surface area (Å²) in [5.41, 5.74) is 4.45. The van der Waals surface area contributed by atoms with Crippen molar-refractivity contribution in [3.8, 4) is 22.5 Å². The van der Waals surface area contributed by atoms with Crippen LogP contribution in [0.1, 0.15) is 27.7 Å². The normalized spacial score (nSPS) is 11.1. The van der Waals surface area contributed by atoms with Crippen LogP contribution in [0.15, 0.2) is 66.9 Å². The van der Waals surface area contributed by atoms with Crippen molar-refractivity contribution in [1.29, 1.82) is 0 Å². The number of aromatic amines is 1. The van der Waals surface area contributed by atoms with Gasteiger partial charge in [-0.25, -0.2) is 14.9 Å². The number of tetrazole rings is 1. The molecule has 0 saturated heterocycles. The molecular formula is C27H32N8O. The number of H-pyrrole nitrogens is 1. The second kappa shape index (κ2) is 11.4. The van der Waals surface area contributed by atoms with Gasteiger partial charge in [-0.2, -0.15) is 0 Å². The number of pyridine rings is 1. The molecule has 0 aliphatic heterocycles. The van der Waals surface area contributed by atoms with E-state index in [9.17, 15) is 4.79 Å². The molecule has 0 fully saturated rings. The van der Waals surface area contributed by atoms with E-state index in [0.717, 1.165) is 35.5 Å². The van der Waals surface area contributed by atoms with Crippen LogP contribution in [0.2, 0.25) is 0 Å². The SMILES string of the molecule is CC(C)CN(CC(C)C)c1ccc(-c2ccccc2-c2nnn[nH]2)cc1NC(=O)Nc1ccccn1. The van der Waals surface area contributed by atoms with Gasteiger partial charge in [0, 0.05) is 24.8 Å². The fourth-order valence-electron chi connectivity index (χ4n) is 4.15. The molecular weight excluding hydrogens is 452 g/mol. The van der Waals surface area contributed by atoms with Crippen molar-refractivity contribution in [1.82, 2.24) is 25.6 Å². The zero-order valence-electron chi connectivity index (χ0n) is 21.1. The molecule has 36 heavy (non-hydrogen) atoms. The van der Waals surface area contributed by atoms with Crippen molar-refractivity contribution in [2.45, 2.75) is 27.7 Å². The fraction of sp³-hybridized carbons (Fsp3) is 0.296. The predicted molar refractivity (Wildman–Crippen MR) is 144 cm³/mol. The monoisotopic (exact) mass is 484 g/mol. The van der Waals surface area contributed by atoms with E-state index in [0.29, 0.717) is 29.2 Å². The average molecular weight is 485 g/mol. The lowest BCUT2D eigenvalue weighted by Gasteiger charge is -2.31. The Bertz CT molecular complexity index is 1260. The summed E-state index contributed by atoms with van der Waals surface area (Å²) < 4.78 is 0. The average Bonchev–Trinajstić information content (AvgIpc) is 3.38. The molecule has 9 nitrogen and oxygen atoms in total. The largest absolute Gasteiger partial charge is 0.369 e. The van der Waals surface area contributed by atoms with E-state index in [4.69, 9.17) is 0 Å². The molecule has 0 saturated carbocycles. The quantitative estimate of drug-likeness (QED) is 0.281. The van der Waals surface area contributed by atoms with Crippen molar-refractivity contribution >= 4 is 23.2 Å². The minimum absolute atomic E-state index is 0.353. The number of nitrogens with one attached hydrogen (secondary N) is 3. The van der Waals surface area contributed by atoms with Gasteiger partial charge >= 0.3 is 6.03 Å². The second-order valence-electron chi connectivity index (χ2n) is 9.51. The molecule has 2 heterocycles. The maximum atomic E-state index is 13.0. The van der Waals surface area contributed by atoms with Crippen molar-refractivity contribution in [2.75, 3.05) is 28.6 Å². The Morgan fingerprint density at radius 1 is 0.917 bits per heavy atom. The number of aromatic nitrogens is 5. The molecule has 2 aromatic carbocycles. The first-order chi connectivity index (χ1) is 17.4. The van der Waals surface area contributed by atoms with Crippen LogP contribution in [0.3, 0.4) is 0 Å². The predicted octanol–water partition coefficient (Wildman–Crippen LogP) is 5.69. The lowest BCUT2D eigenvalue weighted by atomic mass is 9.97. The van der Waals surface area contributed by atoms with E-state index in [1.807, 2.05) is 42.5 Å². The van der Waals surface area contributed by atoms with Gasteiger partial charge in [-0.3, -0.25) is 5.32 Å². The summed E-state index contributed by atoms with van der Waals surface area (Å²) in [6.45, 7) is 10.5. The Hall–Kier alpha value is -4.27. The molecule has 0 spiro atoms. The van der Waals surface area contributed by atoms with Gasteiger partial charge < -0.3 is 10.2 Å². The van der Waals surface area contributed by atoms with Crippen molar-refractivity contribution in [2.24, 2.45) is 11.8 Å². The van der Waals surface area contributed by atoms with Gasteiger partial charge in [-0.05, 0) is 57.7 Å². The van der Waals surface area contributed by atoms with Crippen LogP contribution in [-0.4, -0.2) is 44.7 Å². The van der Waals surface area contributed by atoms with E-state index in [1.165, 1.54) is 0 Å². The maximum absolute atomic E-state index is 13.0. The van der Waals surface area contributed by atoms with Crippen LogP contribution in [0.4, 0.5) is 22.0 Å². The Morgan fingerprint density at radius 3 is 2.28 bits per heavy atom. The summed E-state index contributed by atoms with van der Waals surface area (Å²) in [6, 6.07) is 19.1. The van der Waals surface area contributed by atoms with Gasteiger partial charge in [-0.1, -0.05) is 64.1 Å². The smallest absolute Gasteiger partial charge is 0.324 e. The molecule has 0 radical (unpaired) electrons. The summed E-state index contributed by atoms with van der Waals surface area (Å²) in [5, 5.41) is 20.3. The van der Waals surface area contributed by atoms with E-state index in [2.05, 4.69) is 81.0 Å². The number of carbonyl (C=O) groups excluding carboxylic acids is 1. The molecule has 4 rings (SSSR count). The highest BCUT2D eigenvalue weighted by molar-refractivity contribution is 6.02. The van der Waals surface area contributed by atoms with Crippen LogP contribution in [-0.2, 0) is 0 Å². The number of nitrogens with zero attached hydrogens (tertiary/aromatic N) is 5. The molecule has 0 unspecified atom stereocenters. The summed E-state index contributed by atoms with van der Waals surface area (Å²) in [7, 11) is 0. The summed E-state index contributed by atoms with van der Waals surface area (Å²) in [4.78, 5) is 19.5. The Balaban J connectivity index is 1.75. The molecule has 4 aromatic rings. The Kier molecular flexibility index (Phi) is 7.89. The Morgan fingerprint density at radius 2 is 1.64 bits per heavy atom. The van der Waals surface area contributed by atoms with Crippen molar-refractivity contribution in [3.05, 3.63) is 66.9 Å². The number of hydrogen-bond donors (Lipinski definition) is 3. The number of amides is 2. The molecule has 0 aliphatic carbocycles. The minimum atomic E-state index is -0.353. The Labute approximate surface area is 211 Å². The first kappa shape index (κ1) is 24.8. The maximum Gasteiger partial charge on any atom is 0.324 e. The number of anilines is 3. The van der Waals surface area contributed by atoms with E-state index >= 15 is 0 Å². The van der Waals surface area contributed by atoms with Gasteiger partial charge in [0.1, 0.15) is 5.82 Å². The summed E-state index contributed by atoms with van der Waals surface area (Å²) >= 11 is 0. The summed E-state index contributed by atoms with van der Waals surface area (Å²) in [5.74, 6) is 1.98. The second-order valence-corrected chi connectivity index (χ2v) is 9.51.